The van der Waals surface area contributed by atoms with Crippen molar-refractivity contribution in [2.45, 2.75) is 64.5 Å². The summed E-state index contributed by atoms with van der Waals surface area (Å²) in [6.45, 7) is 5.58. The van der Waals surface area contributed by atoms with E-state index in [-0.39, 0.29) is 5.25 Å². The maximum atomic E-state index is 11.7. The SMILES string of the molecule is Cc1ccccc1-c1cnc(CCCCCCCS(=O)(=O)C(C)C)cn1. The van der Waals surface area contributed by atoms with Crippen LogP contribution in [0.4, 0.5) is 0 Å². The lowest BCUT2D eigenvalue weighted by Gasteiger charge is -2.07. The number of rotatable bonds is 10. The van der Waals surface area contributed by atoms with Gasteiger partial charge in [-0.3, -0.25) is 9.97 Å². The number of unbranched alkanes of at least 4 members (excludes halogenated alkanes) is 4. The molecular formula is C21H30N2O2S. The maximum absolute atomic E-state index is 11.7. The second-order valence-electron chi connectivity index (χ2n) is 7.14. The van der Waals surface area contributed by atoms with E-state index < -0.39 is 9.84 Å². The fourth-order valence-electron chi connectivity index (χ4n) is 2.86. The number of benzene rings is 1. The fraction of sp³-hybridized carbons (Fsp3) is 0.524. The van der Waals surface area contributed by atoms with Gasteiger partial charge in [0.25, 0.3) is 0 Å². The van der Waals surface area contributed by atoms with Crippen molar-refractivity contribution in [2.24, 2.45) is 0 Å². The molecule has 0 saturated carbocycles. The molecule has 2 rings (SSSR count). The summed E-state index contributed by atoms with van der Waals surface area (Å²) in [4.78, 5) is 9.09. The minimum Gasteiger partial charge on any atom is -0.257 e. The van der Waals surface area contributed by atoms with Crippen LogP contribution in [0.5, 0.6) is 0 Å². The Morgan fingerprint density at radius 2 is 1.62 bits per heavy atom. The van der Waals surface area contributed by atoms with Crippen molar-refractivity contribution in [1.82, 2.24) is 9.97 Å². The summed E-state index contributed by atoms with van der Waals surface area (Å²) in [7, 11) is -2.88. The van der Waals surface area contributed by atoms with Crippen molar-refractivity contribution in [3.8, 4) is 11.3 Å². The van der Waals surface area contributed by atoms with E-state index >= 15 is 0 Å². The highest BCUT2D eigenvalue weighted by Crippen LogP contribution is 2.20. The van der Waals surface area contributed by atoms with Crippen molar-refractivity contribution < 1.29 is 8.42 Å². The normalized spacial score (nSPS) is 11.8. The summed E-state index contributed by atoms with van der Waals surface area (Å²) in [5.41, 5.74) is 4.26. The summed E-state index contributed by atoms with van der Waals surface area (Å²) < 4.78 is 23.5. The number of nitrogens with zero attached hydrogens (tertiary/aromatic N) is 2. The van der Waals surface area contributed by atoms with Crippen molar-refractivity contribution >= 4 is 9.84 Å². The minimum atomic E-state index is -2.88. The van der Waals surface area contributed by atoms with E-state index in [9.17, 15) is 8.42 Å². The monoisotopic (exact) mass is 374 g/mol. The summed E-state index contributed by atoms with van der Waals surface area (Å²) >= 11 is 0. The van der Waals surface area contributed by atoms with E-state index in [1.165, 1.54) is 5.56 Å². The average molecular weight is 375 g/mol. The van der Waals surface area contributed by atoms with Gasteiger partial charge in [-0.1, -0.05) is 43.5 Å². The number of sulfone groups is 1. The van der Waals surface area contributed by atoms with Crippen molar-refractivity contribution in [3.63, 3.8) is 0 Å². The summed E-state index contributed by atoms with van der Waals surface area (Å²) in [6.07, 6.45) is 9.63. The van der Waals surface area contributed by atoms with Crippen LogP contribution in [0.15, 0.2) is 36.7 Å². The van der Waals surface area contributed by atoms with Gasteiger partial charge in [0.05, 0.1) is 28.6 Å². The molecule has 0 fully saturated rings. The minimum absolute atomic E-state index is 0.260. The van der Waals surface area contributed by atoms with Crippen LogP contribution in [0, 0.1) is 6.92 Å². The second kappa shape index (κ2) is 9.81. The Kier molecular flexibility index (Phi) is 7.76. The molecule has 1 heterocycles. The molecule has 0 amide bonds. The molecule has 4 nitrogen and oxygen atoms in total. The second-order valence-corrected chi connectivity index (χ2v) is 9.82. The molecule has 0 spiro atoms. The van der Waals surface area contributed by atoms with Gasteiger partial charge in [-0.25, -0.2) is 8.42 Å². The van der Waals surface area contributed by atoms with Gasteiger partial charge in [0.15, 0.2) is 9.84 Å². The smallest absolute Gasteiger partial charge is 0.152 e. The Labute approximate surface area is 158 Å². The molecule has 0 aliphatic carbocycles. The van der Waals surface area contributed by atoms with Crippen molar-refractivity contribution in [1.29, 1.82) is 0 Å². The molecule has 2 aromatic rings. The molecule has 0 bridgehead atoms. The Morgan fingerprint density at radius 1 is 0.923 bits per heavy atom. The zero-order chi connectivity index (χ0) is 19.0. The largest absolute Gasteiger partial charge is 0.257 e. The van der Waals surface area contributed by atoms with Crippen molar-refractivity contribution in [2.75, 3.05) is 5.75 Å². The highest BCUT2D eigenvalue weighted by atomic mass is 32.2. The van der Waals surface area contributed by atoms with Gasteiger partial charge in [0.2, 0.25) is 0 Å². The lowest BCUT2D eigenvalue weighted by molar-refractivity contribution is 0.576. The van der Waals surface area contributed by atoms with E-state index in [1.54, 1.807) is 13.8 Å². The molecule has 5 heteroatoms. The number of hydrogen-bond donors (Lipinski definition) is 0. The van der Waals surface area contributed by atoms with Crippen LogP contribution in [0.1, 0.15) is 57.2 Å². The molecule has 0 saturated heterocycles. The van der Waals surface area contributed by atoms with Gasteiger partial charge in [-0.2, -0.15) is 0 Å². The number of aromatic nitrogens is 2. The van der Waals surface area contributed by atoms with Crippen LogP contribution >= 0.6 is 0 Å². The maximum Gasteiger partial charge on any atom is 0.152 e. The highest BCUT2D eigenvalue weighted by Gasteiger charge is 2.14. The predicted octanol–water partition coefficient (Wildman–Crippen LogP) is 4.77. The van der Waals surface area contributed by atoms with Gasteiger partial charge in [-0.15, -0.1) is 0 Å². The third-order valence-electron chi connectivity index (χ3n) is 4.71. The average Bonchev–Trinajstić information content (AvgIpc) is 2.62. The van der Waals surface area contributed by atoms with E-state index in [2.05, 4.69) is 29.0 Å². The van der Waals surface area contributed by atoms with E-state index in [1.807, 2.05) is 24.5 Å². The summed E-state index contributed by atoms with van der Waals surface area (Å²) in [5.74, 6) is 0.316. The van der Waals surface area contributed by atoms with Crippen LogP contribution in [-0.2, 0) is 16.3 Å². The molecule has 0 N–H and O–H groups in total. The molecule has 0 aliphatic heterocycles. The van der Waals surface area contributed by atoms with E-state index in [0.29, 0.717) is 5.75 Å². The lowest BCUT2D eigenvalue weighted by atomic mass is 10.1. The van der Waals surface area contributed by atoms with Gasteiger partial charge >= 0.3 is 0 Å². The van der Waals surface area contributed by atoms with Crippen LogP contribution < -0.4 is 0 Å². The zero-order valence-electron chi connectivity index (χ0n) is 16.1. The first-order valence-corrected chi connectivity index (χ1v) is 11.2. The first-order chi connectivity index (χ1) is 12.4. The fourth-order valence-corrected chi connectivity index (χ4v) is 3.94. The summed E-state index contributed by atoms with van der Waals surface area (Å²) in [6, 6.07) is 8.19. The Morgan fingerprint density at radius 3 is 2.27 bits per heavy atom. The standard InChI is InChI=1S/C21H30N2O2S/c1-17(2)26(24,25)14-10-6-4-5-7-12-19-15-23-21(16-22-19)20-13-9-8-11-18(20)3/h8-9,11,13,15-17H,4-7,10,12,14H2,1-3H3. The Hall–Kier alpha value is -1.75. The van der Waals surface area contributed by atoms with E-state index in [4.69, 9.17) is 0 Å². The molecule has 1 aromatic carbocycles. The lowest BCUT2D eigenvalue weighted by Crippen LogP contribution is -2.17. The molecule has 26 heavy (non-hydrogen) atoms. The quantitative estimate of drug-likeness (QED) is 0.562. The molecular weight excluding hydrogens is 344 g/mol. The predicted molar refractivity (Wildman–Crippen MR) is 108 cm³/mol. The van der Waals surface area contributed by atoms with Crippen LogP contribution in [0.3, 0.4) is 0 Å². The van der Waals surface area contributed by atoms with Gasteiger partial charge < -0.3 is 0 Å². The van der Waals surface area contributed by atoms with Gasteiger partial charge in [0.1, 0.15) is 0 Å². The molecule has 0 aliphatic rings. The van der Waals surface area contributed by atoms with Crippen LogP contribution in [0.25, 0.3) is 11.3 Å². The first-order valence-electron chi connectivity index (χ1n) is 9.48. The van der Waals surface area contributed by atoms with Crippen molar-refractivity contribution in [3.05, 3.63) is 47.9 Å². The molecule has 0 unspecified atom stereocenters. The molecule has 1 aromatic heterocycles. The third-order valence-corrected chi connectivity index (χ3v) is 7.00. The van der Waals surface area contributed by atoms with E-state index in [0.717, 1.165) is 55.5 Å². The molecule has 0 radical (unpaired) electrons. The zero-order valence-corrected chi connectivity index (χ0v) is 16.9. The topological polar surface area (TPSA) is 59.9 Å². The van der Waals surface area contributed by atoms with Crippen LogP contribution in [-0.4, -0.2) is 29.4 Å². The number of hydrogen-bond acceptors (Lipinski definition) is 4. The number of aryl methyl sites for hydroxylation is 2. The van der Waals surface area contributed by atoms with Crippen LogP contribution in [0.2, 0.25) is 0 Å². The Balaban J connectivity index is 1.68. The molecule has 142 valence electrons. The first kappa shape index (κ1) is 20.6. The van der Waals surface area contributed by atoms with Gasteiger partial charge in [0, 0.05) is 11.8 Å². The third kappa shape index (κ3) is 6.20. The summed E-state index contributed by atoms with van der Waals surface area (Å²) in [5, 5.41) is -0.260. The molecule has 0 atom stereocenters. The van der Waals surface area contributed by atoms with Gasteiger partial charge in [-0.05, 0) is 45.6 Å². The Bertz CT molecular complexity index is 784. The highest BCUT2D eigenvalue weighted by molar-refractivity contribution is 7.91.